The van der Waals surface area contributed by atoms with Gasteiger partial charge in [-0.3, -0.25) is 4.90 Å². The average Bonchev–Trinajstić information content (AvgIpc) is 2.28. The van der Waals surface area contributed by atoms with E-state index in [1.54, 1.807) is 13.8 Å². The van der Waals surface area contributed by atoms with Gasteiger partial charge in [0.2, 0.25) is 0 Å². The number of aldehydes is 1. The van der Waals surface area contributed by atoms with Crippen LogP contribution in [0.5, 0.6) is 0 Å². The monoisotopic (exact) mass is 278 g/mol. The number of thiol groups is 1. The van der Waals surface area contributed by atoms with Crippen molar-refractivity contribution in [1.82, 2.24) is 9.80 Å². The third-order valence-corrected chi connectivity index (χ3v) is 4.41. The second-order valence-corrected chi connectivity index (χ2v) is 6.23. The van der Waals surface area contributed by atoms with Crippen LogP contribution < -0.4 is 0 Å². The van der Waals surface area contributed by atoms with Gasteiger partial charge in [-0.05, 0) is 31.7 Å². The van der Waals surface area contributed by atoms with Gasteiger partial charge in [-0.1, -0.05) is 0 Å². The predicted molar refractivity (Wildman–Crippen MR) is 71.2 cm³/mol. The summed E-state index contributed by atoms with van der Waals surface area (Å²) >= 11 is 4.04. The summed E-state index contributed by atoms with van der Waals surface area (Å²) in [6.45, 7) is 5.32. The highest BCUT2D eigenvalue weighted by atomic mass is 33.1. The van der Waals surface area contributed by atoms with Gasteiger partial charge in [-0.15, -0.1) is 11.7 Å². The molecule has 1 atom stereocenters. The minimum absolute atomic E-state index is 0.429. The van der Waals surface area contributed by atoms with Gasteiger partial charge in [-0.2, -0.15) is 0 Å². The zero-order valence-electron chi connectivity index (χ0n) is 10.3. The van der Waals surface area contributed by atoms with Crippen LogP contribution in [0, 0.1) is 0 Å². The molecule has 1 unspecified atom stereocenters. The Balaban J connectivity index is 2.64. The molecule has 1 heterocycles. The van der Waals surface area contributed by atoms with Crippen LogP contribution in [-0.4, -0.2) is 59.8 Å². The molecule has 0 N–H and O–H groups in total. The predicted octanol–water partition coefficient (Wildman–Crippen LogP) is 1.25. The molecule has 1 fully saturated rings. The summed E-state index contributed by atoms with van der Waals surface area (Å²) in [5.74, 6) is 0. The van der Waals surface area contributed by atoms with Gasteiger partial charge in [0.1, 0.15) is 12.3 Å². The van der Waals surface area contributed by atoms with E-state index in [0.29, 0.717) is 13.1 Å². The standard InChI is InChI=1S/C10H18N2O3S2/c1-10(2,17-16)15-9(14)12-5-4-11(3)6-8(12)7-13/h7-8,16H,4-6H2,1-3H3. The maximum absolute atomic E-state index is 11.9. The topological polar surface area (TPSA) is 49.9 Å². The highest BCUT2D eigenvalue weighted by molar-refractivity contribution is 8.69. The van der Waals surface area contributed by atoms with Crippen molar-refractivity contribution in [2.24, 2.45) is 0 Å². The first-order valence-electron chi connectivity index (χ1n) is 5.35. The molecule has 1 saturated heterocycles. The fourth-order valence-corrected chi connectivity index (χ4v) is 1.80. The second-order valence-electron chi connectivity index (χ2n) is 4.52. The summed E-state index contributed by atoms with van der Waals surface area (Å²) in [6, 6.07) is -0.429. The first-order chi connectivity index (χ1) is 7.89. The van der Waals surface area contributed by atoms with E-state index in [4.69, 9.17) is 4.74 Å². The maximum Gasteiger partial charge on any atom is 0.411 e. The van der Waals surface area contributed by atoms with Crippen LogP contribution in [0.1, 0.15) is 13.8 Å². The number of ether oxygens (including phenoxy) is 1. The van der Waals surface area contributed by atoms with Crippen molar-refractivity contribution in [2.75, 3.05) is 26.7 Å². The summed E-state index contributed by atoms with van der Waals surface area (Å²) in [5.41, 5.74) is 0. The van der Waals surface area contributed by atoms with Crippen LogP contribution in [0.4, 0.5) is 4.79 Å². The molecule has 98 valence electrons. The molecule has 17 heavy (non-hydrogen) atoms. The largest absolute Gasteiger partial charge is 0.431 e. The SMILES string of the molecule is CN1CCN(C(=O)OC(C)(C)SS)C(C=O)C1. The fourth-order valence-electron chi connectivity index (χ4n) is 1.58. The lowest BCUT2D eigenvalue weighted by Gasteiger charge is -2.37. The number of rotatable bonds is 3. The van der Waals surface area contributed by atoms with Gasteiger partial charge < -0.3 is 14.4 Å². The Hall–Kier alpha value is -0.400. The van der Waals surface area contributed by atoms with Crippen molar-refractivity contribution in [2.45, 2.75) is 24.8 Å². The Morgan fingerprint density at radius 1 is 1.53 bits per heavy atom. The van der Waals surface area contributed by atoms with Crippen LogP contribution in [-0.2, 0) is 9.53 Å². The molecule has 0 bridgehead atoms. The van der Waals surface area contributed by atoms with Crippen molar-refractivity contribution >= 4 is 34.8 Å². The number of likely N-dealkylation sites (N-methyl/N-ethyl adjacent to an activating group) is 1. The van der Waals surface area contributed by atoms with Crippen molar-refractivity contribution in [3.05, 3.63) is 0 Å². The number of piperazine rings is 1. The van der Waals surface area contributed by atoms with E-state index in [-0.39, 0.29) is 0 Å². The Morgan fingerprint density at radius 3 is 2.71 bits per heavy atom. The normalized spacial score (nSPS) is 22.4. The minimum Gasteiger partial charge on any atom is -0.431 e. The Kier molecular flexibility index (Phi) is 5.15. The highest BCUT2D eigenvalue weighted by Gasteiger charge is 2.33. The van der Waals surface area contributed by atoms with Crippen molar-refractivity contribution in [3.63, 3.8) is 0 Å². The van der Waals surface area contributed by atoms with E-state index in [1.807, 2.05) is 11.9 Å². The van der Waals surface area contributed by atoms with Crippen molar-refractivity contribution in [3.8, 4) is 0 Å². The lowest BCUT2D eigenvalue weighted by Crippen LogP contribution is -2.55. The highest BCUT2D eigenvalue weighted by Crippen LogP contribution is 2.29. The molecular weight excluding hydrogens is 260 g/mol. The molecule has 1 amide bonds. The molecule has 1 aliphatic rings. The number of hydrogen-bond donors (Lipinski definition) is 1. The van der Waals surface area contributed by atoms with E-state index in [0.717, 1.165) is 23.6 Å². The molecule has 7 heteroatoms. The molecule has 1 aliphatic heterocycles. The van der Waals surface area contributed by atoms with Crippen LogP contribution in [0.15, 0.2) is 0 Å². The molecule has 0 aliphatic carbocycles. The number of nitrogens with zero attached hydrogens (tertiary/aromatic N) is 2. The Morgan fingerprint density at radius 2 is 2.18 bits per heavy atom. The van der Waals surface area contributed by atoms with Crippen LogP contribution in [0.3, 0.4) is 0 Å². The van der Waals surface area contributed by atoms with E-state index in [1.165, 1.54) is 4.90 Å². The minimum atomic E-state index is -0.697. The quantitative estimate of drug-likeness (QED) is 0.364. The molecular formula is C10H18N2O3S2. The molecule has 0 radical (unpaired) electrons. The third kappa shape index (κ3) is 4.08. The summed E-state index contributed by atoms with van der Waals surface area (Å²) < 4.78 is 5.29. The van der Waals surface area contributed by atoms with Crippen molar-refractivity contribution < 1.29 is 14.3 Å². The Labute approximate surface area is 111 Å². The lowest BCUT2D eigenvalue weighted by atomic mass is 10.2. The number of carbonyl (C=O) groups is 2. The maximum atomic E-state index is 11.9. The summed E-state index contributed by atoms with van der Waals surface area (Å²) in [7, 11) is 3.08. The van der Waals surface area contributed by atoms with Crippen LogP contribution in [0.25, 0.3) is 0 Å². The van der Waals surface area contributed by atoms with Crippen LogP contribution in [0.2, 0.25) is 0 Å². The molecule has 0 aromatic heterocycles. The van der Waals surface area contributed by atoms with E-state index < -0.39 is 17.1 Å². The first kappa shape index (κ1) is 14.7. The smallest absolute Gasteiger partial charge is 0.411 e. The number of amides is 1. The zero-order chi connectivity index (χ0) is 13.1. The summed E-state index contributed by atoms with van der Waals surface area (Å²) in [6.07, 6.45) is 0.333. The van der Waals surface area contributed by atoms with Gasteiger partial charge in [0.15, 0.2) is 4.93 Å². The summed E-state index contributed by atoms with van der Waals surface area (Å²) in [5, 5.41) is 0. The Bertz CT molecular complexity index is 299. The van der Waals surface area contributed by atoms with Gasteiger partial charge >= 0.3 is 6.09 Å². The molecule has 0 aromatic rings. The number of hydrogen-bond acceptors (Lipinski definition) is 6. The molecule has 5 nitrogen and oxygen atoms in total. The van der Waals surface area contributed by atoms with E-state index in [9.17, 15) is 9.59 Å². The molecule has 1 rings (SSSR count). The second kappa shape index (κ2) is 5.97. The molecule has 0 aromatic carbocycles. The van der Waals surface area contributed by atoms with Gasteiger partial charge in [0, 0.05) is 19.6 Å². The fraction of sp³-hybridized carbons (Fsp3) is 0.800. The average molecular weight is 278 g/mol. The van der Waals surface area contributed by atoms with E-state index >= 15 is 0 Å². The molecule has 0 saturated carbocycles. The lowest BCUT2D eigenvalue weighted by molar-refractivity contribution is -0.114. The molecule has 0 spiro atoms. The zero-order valence-corrected chi connectivity index (χ0v) is 12.0. The van der Waals surface area contributed by atoms with Gasteiger partial charge in [-0.25, -0.2) is 4.79 Å². The first-order valence-corrected chi connectivity index (χ1v) is 7.22. The number of carbonyl (C=O) groups excluding carboxylic acids is 2. The van der Waals surface area contributed by atoms with Crippen LogP contribution >= 0.6 is 22.5 Å². The van der Waals surface area contributed by atoms with Crippen molar-refractivity contribution in [1.29, 1.82) is 0 Å². The van der Waals surface area contributed by atoms with Gasteiger partial charge in [0.05, 0.1) is 0 Å². The van der Waals surface area contributed by atoms with E-state index in [2.05, 4.69) is 11.7 Å². The van der Waals surface area contributed by atoms with Gasteiger partial charge in [0.25, 0.3) is 0 Å². The summed E-state index contributed by atoms with van der Waals surface area (Å²) in [4.78, 5) is 25.7. The third-order valence-electron chi connectivity index (χ3n) is 2.57.